The molecule has 5 nitrogen and oxygen atoms in total. The van der Waals surface area contributed by atoms with E-state index in [1.54, 1.807) is 22.5 Å². The third kappa shape index (κ3) is 4.12. The minimum absolute atomic E-state index is 0.0278. The third-order valence-electron chi connectivity index (χ3n) is 5.06. The van der Waals surface area contributed by atoms with Crippen LogP contribution in [0.2, 0.25) is 0 Å². The molecule has 1 N–H and O–H groups in total. The molecule has 3 rings (SSSR count). The largest absolute Gasteiger partial charge is 0.326 e. The maximum Gasteiger partial charge on any atom is 0.243 e. The lowest BCUT2D eigenvalue weighted by Crippen LogP contribution is -2.35. The van der Waals surface area contributed by atoms with Gasteiger partial charge in [0.05, 0.1) is 4.90 Å². The molecule has 2 aliphatic rings. The molecule has 1 atom stereocenters. The van der Waals surface area contributed by atoms with E-state index in [-0.39, 0.29) is 16.7 Å². The van der Waals surface area contributed by atoms with Crippen molar-refractivity contribution in [2.24, 2.45) is 5.92 Å². The van der Waals surface area contributed by atoms with Crippen LogP contribution in [-0.4, -0.2) is 31.7 Å². The van der Waals surface area contributed by atoms with Gasteiger partial charge in [0.1, 0.15) is 0 Å². The summed E-state index contributed by atoms with van der Waals surface area (Å²) >= 11 is 0. The molecule has 1 saturated heterocycles. The molecule has 1 aromatic carbocycles. The van der Waals surface area contributed by atoms with E-state index < -0.39 is 10.0 Å². The first-order valence-corrected chi connectivity index (χ1v) is 10.5. The van der Waals surface area contributed by atoms with Crippen molar-refractivity contribution in [1.29, 1.82) is 0 Å². The average molecular weight is 362 g/mol. The van der Waals surface area contributed by atoms with Gasteiger partial charge in [0.2, 0.25) is 15.9 Å². The van der Waals surface area contributed by atoms with E-state index in [1.165, 1.54) is 0 Å². The summed E-state index contributed by atoms with van der Waals surface area (Å²) in [7, 11) is -3.49. The first-order valence-electron chi connectivity index (χ1n) is 9.05. The van der Waals surface area contributed by atoms with Gasteiger partial charge in [-0.2, -0.15) is 4.31 Å². The van der Waals surface area contributed by atoms with Gasteiger partial charge >= 0.3 is 0 Å². The molecule has 0 spiro atoms. The Balaban J connectivity index is 1.80. The fraction of sp³-hybridized carbons (Fsp3) is 0.526. The van der Waals surface area contributed by atoms with Crippen molar-refractivity contribution in [3.8, 4) is 0 Å². The van der Waals surface area contributed by atoms with Gasteiger partial charge in [0.15, 0.2) is 0 Å². The molecule has 0 unspecified atom stereocenters. The zero-order valence-electron chi connectivity index (χ0n) is 14.7. The van der Waals surface area contributed by atoms with Crippen LogP contribution in [0.3, 0.4) is 0 Å². The van der Waals surface area contributed by atoms with E-state index in [4.69, 9.17) is 0 Å². The Bertz CT molecular complexity index is 765. The van der Waals surface area contributed by atoms with Crippen molar-refractivity contribution >= 4 is 21.6 Å². The Morgan fingerprint density at radius 1 is 1.16 bits per heavy atom. The predicted octanol–water partition coefficient (Wildman–Crippen LogP) is 3.46. The number of sulfonamides is 1. The second-order valence-electron chi connectivity index (χ2n) is 6.91. The highest BCUT2D eigenvalue weighted by atomic mass is 32.2. The fourth-order valence-electron chi connectivity index (χ4n) is 3.42. The molecular formula is C19H26N2O3S. The zero-order chi connectivity index (χ0) is 17.9. The lowest BCUT2D eigenvalue weighted by atomic mass is 9.93. The highest BCUT2D eigenvalue weighted by Gasteiger charge is 2.27. The predicted molar refractivity (Wildman–Crippen MR) is 98.9 cm³/mol. The summed E-state index contributed by atoms with van der Waals surface area (Å²) in [6, 6.07) is 5.02. The van der Waals surface area contributed by atoms with Crippen LogP contribution in [0.15, 0.2) is 35.2 Å². The number of carbonyl (C=O) groups is 1. The minimum Gasteiger partial charge on any atom is -0.326 e. The number of anilines is 1. The van der Waals surface area contributed by atoms with Crippen molar-refractivity contribution in [2.45, 2.75) is 50.3 Å². The fourth-order valence-corrected chi connectivity index (χ4v) is 4.96. The molecule has 1 aliphatic heterocycles. The number of benzene rings is 1. The van der Waals surface area contributed by atoms with E-state index in [0.29, 0.717) is 18.8 Å². The number of aryl methyl sites for hydroxylation is 1. The van der Waals surface area contributed by atoms with Crippen LogP contribution >= 0.6 is 0 Å². The van der Waals surface area contributed by atoms with Gasteiger partial charge in [-0.25, -0.2) is 8.42 Å². The Morgan fingerprint density at radius 3 is 2.60 bits per heavy atom. The maximum atomic E-state index is 12.8. The van der Waals surface area contributed by atoms with Crippen LogP contribution in [0.25, 0.3) is 0 Å². The molecule has 0 aromatic heterocycles. The quantitative estimate of drug-likeness (QED) is 0.834. The summed E-state index contributed by atoms with van der Waals surface area (Å²) in [5.41, 5.74) is 1.47. The first kappa shape index (κ1) is 18.1. The topological polar surface area (TPSA) is 66.5 Å². The van der Waals surface area contributed by atoms with Gasteiger partial charge in [-0.3, -0.25) is 4.79 Å². The van der Waals surface area contributed by atoms with E-state index in [0.717, 1.165) is 44.1 Å². The lowest BCUT2D eigenvalue weighted by molar-refractivity contribution is -0.120. The normalized spacial score (nSPS) is 21.9. The average Bonchev–Trinajstić information content (AvgIpc) is 2.64. The number of hydrogen-bond acceptors (Lipinski definition) is 3. The Kier molecular flexibility index (Phi) is 5.59. The van der Waals surface area contributed by atoms with E-state index in [1.807, 2.05) is 13.0 Å². The van der Waals surface area contributed by atoms with Crippen LogP contribution in [0.1, 0.15) is 44.1 Å². The molecule has 1 aliphatic carbocycles. The van der Waals surface area contributed by atoms with Crippen LogP contribution in [0.5, 0.6) is 0 Å². The van der Waals surface area contributed by atoms with Gasteiger partial charge in [-0.15, -0.1) is 0 Å². The number of nitrogens with zero attached hydrogens (tertiary/aromatic N) is 1. The molecule has 1 aromatic rings. The summed E-state index contributed by atoms with van der Waals surface area (Å²) in [5.74, 6) is -0.0632. The van der Waals surface area contributed by atoms with Crippen molar-refractivity contribution in [2.75, 3.05) is 18.4 Å². The van der Waals surface area contributed by atoms with Crippen LogP contribution in [0, 0.1) is 12.8 Å². The molecule has 0 bridgehead atoms. The summed E-state index contributed by atoms with van der Waals surface area (Å²) in [4.78, 5) is 12.7. The summed E-state index contributed by atoms with van der Waals surface area (Å²) in [6.07, 6.45) is 9.54. The zero-order valence-corrected chi connectivity index (χ0v) is 15.5. The number of nitrogens with one attached hydrogen (secondary N) is 1. The van der Waals surface area contributed by atoms with Crippen LogP contribution in [0.4, 0.5) is 5.69 Å². The smallest absolute Gasteiger partial charge is 0.243 e. The van der Waals surface area contributed by atoms with Gasteiger partial charge in [-0.05, 0) is 56.7 Å². The van der Waals surface area contributed by atoms with E-state index in [2.05, 4.69) is 11.4 Å². The minimum atomic E-state index is -3.49. The Hall–Kier alpha value is -1.66. The number of allylic oxidation sites excluding steroid dienone is 2. The monoisotopic (exact) mass is 362 g/mol. The Labute approximate surface area is 150 Å². The second-order valence-corrected chi connectivity index (χ2v) is 8.85. The lowest BCUT2D eigenvalue weighted by Gasteiger charge is -2.26. The molecule has 1 fully saturated rings. The third-order valence-corrected chi connectivity index (χ3v) is 6.95. The molecule has 1 heterocycles. The SMILES string of the molecule is Cc1ccc(S(=O)(=O)N2CCCCC2)cc1NC(=O)[C@H]1CC=CCC1. The van der Waals surface area contributed by atoms with Crippen molar-refractivity contribution in [3.63, 3.8) is 0 Å². The van der Waals surface area contributed by atoms with Crippen molar-refractivity contribution < 1.29 is 13.2 Å². The molecule has 0 radical (unpaired) electrons. The standard InChI is InChI=1S/C19H26N2O3S/c1-15-10-11-17(25(23,24)21-12-6-3-7-13-21)14-18(15)20-19(22)16-8-4-2-5-9-16/h2,4,10-11,14,16H,3,5-9,12-13H2,1H3,(H,20,22)/t16-/m0/s1. The second kappa shape index (κ2) is 7.70. The van der Waals surface area contributed by atoms with Gasteiger partial charge in [-0.1, -0.05) is 24.6 Å². The number of hydrogen-bond donors (Lipinski definition) is 1. The van der Waals surface area contributed by atoms with Crippen molar-refractivity contribution in [3.05, 3.63) is 35.9 Å². The number of amides is 1. The van der Waals surface area contributed by atoms with Gasteiger partial charge < -0.3 is 5.32 Å². The summed E-state index contributed by atoms with van der Waals surface area (Å²) < 4.78 is 27.2. The Morgan fingerprint density at radius 2 is 1.92 bits per heavy atom. The molecular weight excluding hydrogens is 336 g/mol. The number of piperidine rings is 1. The number of rotatable bonds is 4. The highest BCUT2D eigenvalue weighted by molar-refractivity contribution is 7.89. The van der Waals surface area contributed by atoms with E-state index in [9.17, 15) is 13.2 Å². The molecule has 6 heteroatoms. The van der Waals surface area contributed by atoms with Crippen molar-refractivity contribution in [1.82, 2.24) is 4.31 Å². The molecule has 136 valence electrons. The molecule has 0 saturated carbocycles. The van der Waals surface area contributed by atoms with Gasteiger partial charge in [0, 0.05) is 24.7 Å². The number of carbonyl (C=O) groups excluding carboxylic acids is 1. The molecule has 1 amide bonds. The van der Waals surface area contributed by atoms with E-state index >= 15 is 0 Å². The highest BCUT2D eigenvalue weighted by Crippen LogP contribution is 2.26. The first-order chi connectivity index (χ1) is 12.0. The summed E-state index contributed by atoms with van der Waals surface area (Å²) in [5, 5.41) is 2.94. The summed E-state index contributed by atoms with van der Waals surface area (Å²) in [6.45, 7) is 3.03. The van der Waals surface area contributed by atoms with Crippen LogP contribution in [-0.2, 0) is 14.8 Å². The van der Waals surface area contributed by atoms with Crippen LogP contribution < -0.4 is 5.32 Å². The maximum absolute atomic E-state index is 12.8. The van der Waals surface area contributed by atoms with Gasteiger partial charge in [0.25, 0.3) is 0 Å². The molecule has 25 heavy (non-hydrogen) atoms.